The van der Waals surface area contributed by atoms with Crippen LogP contribution in [-0.4, -0.2) is 29.9 Å². The maximum absolute atomic E-state index is 12.7. The Morgan fingerprint density at radius 2 is 1.79 bits per heavy atom. The van der Waals surface area contributed by atoms with Crippen molar-refractivity contribution in [2.45, 2.75) is 31.0 Å². The summed E-state index contributed by atoms with van der Waals surface area (Å²) in [4.78, 5) is 18.8. The number of thioether (sulfide) groups is 1. The first-order valence-corrected chi connectivity index (χ1v) is 8.55. The molecule has 0 saturated heterocycles. The van der Waals surface area contributed by atoms with Crippen LogP contribution >= 0.6 is 11.8 Å². The molecule has 0 aliphatic rings. The van der Waals surface area contributed by atoms with Gasteiger partial charge in [0.2, 0.25) is 5.91 Å². The lowest BCUT2D eigenvalue weighted by atomic mass is 10.1. The lowest BCUT2D eigenvalue weighted by molar-refractivity contribution is -0.128. The minimum Gasteiger partial charge on any atom is -0.348 e. The summed E-state index contributed by atoms with van der Waals surface area (Å²) in [5.74, 6) is -0.0206. The van der Waals surface area contributed by atoms with Crippen LogP contribution < -0.4 is 0 Å². The Morgan fingerprint density at radius 1 is 1.17 bits per heavy atom. The molecule has 1 atom stereocenters. The molecule has 0 aliphatic heterocycles. The van der Waals surface area contributed by atoms with Gasteiger partial charge in [0.1, 0.15) is 16.3 Å². The molecule has 124 valence electrons. The van der Waals surface area contributed by atoms with Crippen molar-refractivity contribution in [2.75, 3.05) is 14.1 Å². The van der Waals surface area contributed by atoms with E-state index in [-0.39, 0.29) is 5.91 Å². The Bertz CT molecular complexity index is 794. The Morgan fingerprint density at radius 3 is 2.33 bits per heavy atom. The number of pyridine rings is 1. The Labute approximate surface area is 147 Å². The number of nitrogens with zero attached hydrogens (tertiary/aromatic N) is 3. The number of hydrogen-bond acceptors (Lipinski definition) is 4. The van der Waals surface area contributed by atoms with E-state index in [0.29, 0.717) is 10.6 Å². The third-order valence-corrected chi connectivity index (χ3v) is 5.30. The normalized spacial score (nSPS) is 11.7. The first-order valence-electron chi connectivity index (χ1n) is 7.67. The zero-order chi connectivity index (χ0) is 17.9. The zero-order valence-corrected chi connectivity index (χ0v) is 15.4. The molecule has 4 nitrogen and oxygen atoms in total. The van der Waals surface area contributed by atoms with Crippen LogP contribution in [-0.2, 0) is 4.79 Å². The van der Waals surface area contributed by atoms with Crippen LogP contribution in [0.5, 0.6) is 0 Å². The van der Waals surface area contributed by atoms with Gasteiger partial charge in [0.15, 0.2) is 0 Å². The van der Waals surface area contributed by atoms with Gasteiger partial charge < -0.3 is 4.90 Å². The number of likely N-dealkylation sites (N-methyl/N-ethyl adjacent to an activating group) is 1. The number of rotatable bonds is 4. The predicted molar refractivity (Wildman–Crippen MR) is 96.9 cm³/mol. The molecule has 0 saturated carbocycles. The molecule has 0 unspecified atom stereocenters. The second-order valence-corrected chi connectivity index (χ2v) is 6.97. The molecule has 0 bridgehead atoms. The van der Waals surface area contributed by atoms with Gasteiger partial charge in [0.05, 0.1) is 5.56 Å². The average molecular weight is 339 g/mol. The molecule has 0 radical (unpaired) electrons. The van der Waals surface area contributed by atoms with Crippen LogP contribution in [0.25, 0.3) is 0 Å². The van der Waals surface area contributed by atoms with E-state index in [9.17, 15) is 10.1 Å². The van der Waals surface area contributed by atoms with Crippen LogP contribution in [0.3, 0.4) is 0 Å². The van der Waals surface area contributed by atoms with Gasteiger partial charge in [-0.1, -0.05) is 42.1 Å². The monoisotopic (exact) mass is 339 g/mol. The van der Waals surface area contributed by atoms with Crippen LogP contribution in [0.1, 0.15) is 33.2 Å². The molecule has 1 amide bonds. The zero-order valence-electron chi connectivity index (χ0n) is 14.6. The fourth-order valence-corrected chi connectivity index (χ4v) is 3.70. The average Bonchev–Trinajstić information content (AvgIpc) is 2.58. The minimum atomic E-state index is -0.428. The molecule has 0 spiro atoms. The highest BCUT2D eigenvalue weighted by atomic mass is 32.2. The lowest BCUT2D eigenvalue weighted by Crippen LogP contribution is -2.26. The van der Waals surface area contributed by atoms with E-state index in [4.69, 9.17) is 0 Å². The standard InChI is InChI=1S/C19H21N3OS/c1-12-13(2)16(11-20)18(21-14(12)3)24-17(19(23)22(4)5)15-9-7-6-8-10-15/h6-10,17H,1-5H3/t17-/m0/s1. The fraction of sp³-hybridized carbons (Fsp3) is 0.316. The molecule has 5 heteroatoms. The van der Waals surface area contributed by atoms with Gasteiger partial charge in [-0.2, -0.15) is 5.26 Å². The smallest absolute Gasteiger partial charge is 0.240 e. The minimum absolute atomic E-state index is 0.0206. The summed E-state index contributed by atoms with van der Waals surface area (Å²) in [6, 6.07) is 11.9. The summed E-state index contributed by atoms with van der Waals surface area (Å²) in [5.41, 5.74) is 4.29. The molecular weight excluding hydrogens is 318 g/mol. The third-order valence-electron chi connectivity index (χ3n) is 4.07. The third kappa shape index (κ3) is 3.60. The topological polar surface area (TPSA) is 57.0 Å². The van der Waals surface area contributed by atoms with E-state index in [1.807, 2.05) is 51.1 Å². The lowest BCUT2D eigenvalue weighted by Gasteiger charge is -2.21. The highest BCUT2D eigenvalue weighted by Gasteiger charge is 2.26. The maximum atomic E-state index is 12.7. The van der Waals surface area contributed by atoms with Crippen molar-refractivity contribution in [1.29, 1.82) is 5.26 Å². The molecule has 1 heterocycles. The number of carbonyl (C=O) groups excluding carboxylic acids is 1. The van der Waals surface area contributed by atoms with Gasteiger partial charge in [0, 0.05) is 19.8 Å². The van der Waals surface area contributed by atoms with Crippen molar-refractivity contribution in [3.63, 3.8) is 0 Å². The highest BCUT2D eigenvalue weighted by molar-refractivity contribution is 8.00. The van der Waals surface area contributed by atoms with E-state index in [1.54, 1.807) is 19.0 Å². The summed E-state index contributed by atoms with van der Waals surface area (Å²) >= 11 is 1.34. The van der Waals surface area contributed by atoms with Crippen LogP contribution in [0.2, 0.25) is 0 Å². The van der Waals surface area contributed by atoms with Gasteiger partial charge in [-0.3, -0.25) is 4.79 Å². The van der Waals surface area contributed by atoms with E-state index in [0.717, 1.165) is 22.4 Å². The van der Waals surface area contributed by atoms with Gasteiger partial charge in [-0.15, -0.1) is 0 Å². The van der Waals surface area contributed by atoms with Crippen LogP contribution in [0.4, 0.5) is 0 Å². The maximum Gasteiger partial charge on any atom is 0.240 e. The first kappa shape index (κ1) is 18.0. The molecule has 2 aromatic rings. The summed E-state index contributed by atoms with van der Waals surface area (Å²) in [7, 11) is 3.48. The molecular formula is C19H21N3OS. The Kier molecular flexibility index (Phi) is 5.63. The summed E-state index contributed by atoms with van der Waals surface area (Å²) in [6.45, 7) is 5.82. The van der Waals surface area contributed by atoms with Crippen molar-refractivity contribution < 1.29 is 4.79 Å². The summed E-state index contributed by atoms with van der Waals surface area (Å²) in [5, 5.41) is 9.73. The molecule has 24 heavy (non-hydrogen) atoms. The van der Waals surface area contributed by atoms with Crippen LogP contribution in [0, 0.1) is 32.1 Å². The Hall–Kier alpha value is -2.32. The number of nitriles is 1. The number of amides is 1. The number of aryl methyl sites for hydroxylation is 1. The molecule has 0 aliphatic carbocycles. The summed E-state index contributed by atoms with van der Waals surface area (Å²) in [6.07, 6.45) is 0. The van der Waals surface area contributed by atoms with Crippen molar-refractivity contribution in [3.05, 3.63) is 58.3 Å². The van der Waals surface area contributed by atoms with Gasteiger partial charge in [-0.25, -0.2) is 4.98 Å². The predicted octanol–water partition coefficient (Wildman–Crippen LogP) is 3.80. The van der Waals surface area contributed by atoms with E-state index in [2.05, 4.69) is 11.1 Å². The number of benzene rings is 1. The molecule has 0 fully saturated rings. The Balaban J connectivity index is 2.52. The molecule has 0 N–H and O–H groups in total. The molecule has 1 aromatic carbocycles. The van der Waals surface area contributed by atoms with Crippen molar-refractivity contribution in [1.82, 2.24) is 9.88 Å². The van der Waals surface area contributed by atoms with E-state index >= 15 is 0 Å². The van der Waals surface area contributed by atoms with E-state index in [1.165, 1.54) is 11.8 Å². The quantitative estimate of drug-likeness (QED) is 0.795. The molecule has 1 aromatic heterocycles. The SMILES string of the molecule is Cc1nc(S[C@H](C(=O)N(C)C)c2ccccc2)c(C#N)c(C)c1C. The van der Waals surface area contributed by atoms with Crippen LogP contribution in [0.15, 0.2) is 35.4 Å². The second-order valence-electron chi connectivity index (χ2n) is 5.88. The summed E-state index contributed by atoms with van der Waals surface area (Å²) < 4.78 is 0. The van der Waals surface area contributed by atoms with E-state index < -0.39 is 5.25 Å². The van der Waals surface area contributed by atoms with Crippen molar-refractivity contribution in [3.8, 4) is 6.07 Å². The largest absolute Gasteiger partial charge is 0.348 e. The molecule has 2 rings (SSSR count). The number of hydrogen-bond donors (Lipinski definition) is 0. The van der Waals surface area contributed by atoms with Crippen molar-refractivity contribution >= 4 is 17.7 Å². The number of aromatic nitrogens is 1. The number of carbonyl (C=O) groups is 1. The van der Waals surface area contributed by atoms with Gasteiger partial charge in [0.25, 0.3) is 0 Å². The van der Waals surface area contributed by atoms with Crippen molar-refractivity contribution in [2.24, 2.45) is 0 Å². The second kappa shape index (κ2) is 7.50. The fourth-order valence-electron chi connectivity index (χ4n) is 2.36. The van der Waals surface area contributed by atoms with Gasteiger partial charge >= 0.3 is 0 Å². The highest BCUT2D eigenvalue weighted by Crippen LogP contribution is 2.38. The first-order chi connectivity index (χ1) is 11.4. The van der Waals surface area contributed by atoms with Gasteiger partial charge in [-0.05, 0) is 37.5 Å².